The molecule has 0 aliphatic heterocycles. The van der Waals surface area contributed by atoms with Crippen molar-refractivity contribution in [2.75, 3.05) is 5.33 Å². The molecule has 1 aromatic carbocycles. The van der Waals surface area contributed by atoms with E-state index in [1.165, 1.54) is 0 Å². The predicted octanol–water partition coefficient (Wildman–Crippen LogP) is 1.91. The molecule has 0 amide bonds. The summed E-state index contributed by atoms with van der Waals surface area (Å²) in [6.45, 7) is 0. The molecule has 78 valence electrons. The van der Waals surface area contributed by atoms with E-state index in [0.717, 1.165) is 11.1 Å². The average molecular weight is 277 g/mol. The Morgan fingerprint density at radius 3 is 2.64 bits per heavy atom. The van der Waals surface area contributed by atoms with Crippen LogP contribution in [0.1, 0.15) is 17.2 Å². The molecule has 0 saturated carbocycles. The first-order valence-electron chi connectivity index (χ1n) is 4.31. The monoisotopic (exact) mass is 276 g/mol. The summed E-state index contributed by atoms with van der Waals surface area (Å²) in [6, 6.07) is 7.43. The molecule has 0 saturated heterocycles. The predicted molar refractivity (Wildman–Crippen MR) is 63.9 cm³/mol. The Morgan fingerprint density at radius 1 is 1.36 bits per heavy atom. The molecule has 2 nitrogen and oxygen atoms in total. The van der Waals surface area contributed by atoms with Crippen LogP contribution in [-0.2, 0) is 5.75 Å². The topological polar surface area (TPSA) is 40.5 Å². The third-order valence-electron chi connectivity index (χ3n) is 2.00. The smallest absolute Gasteiger partial charge is 0.106 e. The molecule has 14 heavy (non-hydrogen) atoms. The second-order valence-corrected chi connectivity index (χ2v) is 4.03. The highest BCUT2D eigenvalue weighted by atomic mass is 79.9. The lowest BCUT2D eigenvalue weighted by atomic mass is 10.0. The van der Waals surface area contributed by atoms with Gasteiger partial charge in [0.15, 0.2) is 0 Å². The number of aliphatic hydroxyl groups excluding tert-OH is 2. The van der Waals surface area contributed by atoms with Crippen molar-refractivity contribution >= 4 is 28.6 Å². The minimum Gasteiger partial charge on any atom is -0.389 e. The molecular formula is C10H13BrO2S. The zero-order valence-electron chi connectivity index (χ0n) is 7.60. The fourth-order valence-electron chi connectivity index (χ4n) is 1.18. The van der Waals surface area contributed by atoms with Crippen LogP contribution in [0, 0.1) is 0 Å². The van der Waals surface area contributed by atoms with E-state index in [-0.39, 0.29) is 0 Å². The van der Waals surface area contributed by atoms with Crippen LogP contribution in [0.4, 0.5) is 0 Å². The van der Waals surface area contributed by atoms with Crippen molar-refractivity contribution < 1.29 is 10.2 Å². The highest BCUT2D eigenvalue weighted by molar-refractivity contribution is 9.09. The quantitative estimate of drug-likeness (QED) is 0.581. The van der Waals surface area contributed by atoms with E-state index in [1.807, 2.05) is 18.2 Å². The van der Waals surface area contributed by atoms with Gasteiger partial charge in [-0.1, -0.05) is 40.2 Å². The van der Waals surface area contributed by atoms with Crippen LogP contribution in [-0.4, -0.2) is 21.6 Å². The number of alkyl halides is 1. The lowest BCUT2D eigenvalue weighted by molar-refractivity contribution is 0.0342. The number of hydrogen-bond donors (Lipinski definition) is 3. The Labute approximate surface area is 97.5 Å². The van der Waals surface area contributed by atoms with E-state index < -0.39 is 12.2 Å². The van der Waals surface area contributed by atoms with Crippen molar-refractivity contribution in [3.63, 3.8) is 0 Å². The van der Waals surface area contributed by atoms with Gasteiger partial charge in [-0.15, -0.1) is 0 Å². The Kier molecular flexibility index (Phi) is 4.95. The lowest BCUT2D eigenvalue weighted by Gasteiger charge is -2.16. The Morgan fingerprint density at radius 2 is 2.07 bits per heavy atom. The average Bonchev–Trinajstić information content (AvgIpc) is 2.27. The van der Waals surface area contributed by atoms with E-state index in [0.29, 0.717) is 11.1 Å². The van der Waals surface area contributed by atoms with Crippen LogP contribution < -0.4 is 0 Å². The number of hydrogen-bond acceptors (Lipinski definition) is 3. The maximum atomic E-state index is 9.70. The summed E-state index contributed by atoms with van der Waals surface area (Å²) in [5.74, 6) is 0.630. The van der Waals surface area contributed by atoms with Gasteiger partial charge in [0.1, 0.15) is 6.10 Å². The molecule has 4 heteroatoms. The summed E-state index contributed by atoms with van der Waals surface area (Å²) in [7, 11) is 0. The summed E-state index contributed by atoms with van der Waals surface area (Å²) in [6.07, 6.45) is -1.61. The van der Waals surface area contributed by atoms with E-state index >= 15 is 0 Å². The van der Waals surface area contributed by atoms with E-state index in [9.17, 15) is 10.2 Å². The van der Waals surface area contributed by atoms with Gasteiger partial charge in [-0.2, -0.15) is 12.6 Å². The van der Waals surface area contributed by atoms with Crippen molar-refractivity contribution in [1.82, 2.24) is 0 Å². The molecule has 0 spiro atoms. The minimum atomic E-state index is -0.839. The molecule has 2 N–H and O–H groups in total. The van der Waals surface area contributed by atoms with Crippen LogP contribution in [0.25, 0.3) is 0 Å². The summed E-state index contributed by atoms with van der Waals surface area (Å²) in [5.41, 5.74) is 1.76. The van der Waals surface area contributed by atoms with Crippen molar-refractivity contribution in [2.45, 2.75) is 18.0 Å². The zero-order chi connectivity index (χ0) is 10.6. The van der Waals surface area contributed by atoms with E-state index in [2.05, 4.69) is 28.6 Å². The Bertz CT molecular complexity index is 293. The van der Waals surface area contributed by atoms with Gasteiger partial charge in [0, 0.05) is 11.1 Å². The maximum Gasteiger partial charge on any atom is 0.106 e. The van der Waals surface area contributed by atoms with Crippen molar-refractivity contribution in [1.29, 1.82) is 0 Å². The van der Waals surface area contributed by atoms with Gasteiger partial charge in [0.25, 0.3) is 0 Å². The standard InChI is InChI=1S/C10H13BrO2S/c11-5-9(12)10(13)8-3-1-2-7(4-8)6-14/h1-4,9-10,12-14H,5-6H2. The van der Waals surface area contributed by atoms with Gasteiger partial charge >= 0.3 is 0 Å². The summed E-state index contributed by atoms with van der Waals surface area (Å²) < 4.78 is 0. The van der Waals surface area contributed by atoms with E-state index in [1.54, 1.807) is 6.07 Å². The second kappa shape index (κ2) is 5.75. The first kappa shape index (κ1) is 12.0. The lowest BCUT2D eigenvalue weighted by Crippen LogP contribution is -2.19. The first-order valence-corrected chi connectivity index (χ1v) is 6.06. The van der Waals surface area contributed by atoms with Gasteiger partial charge in [-0.25, -0.2) is 0 Å². The fourth-order valence-corrected chi connectivity index (χ4v) is 1.73. The number of rotatable bonds is 4. The molecule has 0 aromatic heterocycles. The van der Waals surface area contributed by atoms with Gasteiger partial charge in [0.05, 0.1) is 6.10 Å². The van der Waals surface area contributed by atoms with Gasteiger partial charge in [-0.05, 0) is 11.1 Å². The fraction of sp³-hybridized carbons (Fsp3) is 0.400. The van der Waals surface area contributed by atoms with Gasteiger partial charge in [0.2, 0.25) is 0 Å². The van der Waals surface area contributed by atoms with E-state index in [4.69, 9.17) is 0 Å². The van der Waals surface area contributed by atoms with Crippen LogP contribution in [0.15, 0.2) is 24.3 Å². The van der Waals surface area contributed by atoms with Crippen molar-refractivity contribution in [2.24, 2.45) is 0 Å². The molecule has 0 radical (unpaired) electrons. The first-order chi connectivity index (χ1) is 6.69. The Hall–Kier alpha value is -0.0300. The highest BCUT2D eigenvalue weighted by Crippen LogP contribution is 2.19. The normalized spacial score (nSPS) is 15.1. The molecule has 1 aromatic rings. The van der Waals surface area contributed by atoms with Gasteiger partial charge in [-0.3, -0.25) is 0 Å². The van der Waals surface area contributed by atoms with Crippen LogP contribution in [0.2, 0.25) is 0 Å². The molecule has 0 fully saturated rings. The number of aliphatic hydroxyl groups is 2. The summed E-state index contributed by atoms with van der Waals surface area (Å²) in [5, 5.41) is 19.5. The second-order valence-electron chi connectivity index (χ2n) is 3.07. The maximum absolute atomic E-state index is 9.70. The number of halogens is 1. The minimum absolute atomic E-state index is 0.360. The summed E-state index contributed by atoms with van der Waals surface area (Å²) in [4.78, 5) is 0. The molecule has 0 aliphatic carbocycles. The SMILES string of the molecule is OC(CBr)C(O)c1cccc(CS)c1. The molecule has 0 aliphatic rings. The van der Waals surface area contributed by atoms with Crippen LogP contribution in [0.5, 0.6) is 0 Å². The Balaban J connectivity index is 2.83. The number of benzene rings is 1. The number of thiol groups is 1. The molecule has 0 bridgehead atoms. The van der Waals surface area contributed by atoms with Gasteiger partial charge < -0.3 is 10.2 Å². The summed E-state index contributed by atoms with van der Waals surface area (Å²) >= 11 is 7.27. The molecule has 2 atom stereocenters. The third kappa shape index (κ3) is 2.98. The van der Waals surface area contributed by atoms with Crippen molar-refractivity contribution in [3.8, 4) is 0 Å². The largest absolute Gasteiger partial charge is 0.389 e. The zero-order valence-corrected chi connectivity index (χ0v) is 10.1. The molecule has 1 rings (SSSR count). The molecular weight excluding hydrogens is 264 g/mol. The third-order valence-corrected chi connectivity index (χ3v) is 3.03. The molecule has 0 heterocycles. The van der Waals surface area contributed by atoms with Crippen LogP contribution in [0.3, 0.4) is 0 Å². The van der Waals surface area contributed by atoms with Crippen molar-refractivity contribution in [3.05, 3.63) is 35.4 Å². The highest BCUT2D eigenvalue weighted by Gasteiger charge is 2.16. The van der Waals surface area contributed by atoms with Crippen LogP contribution >= 0.6 is 28.6 Å². The molecule has 2 unspecified atom stereocenters.